The fraction of sp³-hybridized carbons (Fsp3) is 0. The van der Waals surface area contributed by atoms with Crippen molar-refractivity contribution >= 4 is 13.5 Å². The molecule has 15 heavy (non-hydrogen) atoms. The summed E-state index contributed by atoms with van der Waals surface area (Å²) in [5.41, 5.74) is 2.03. The molecule has 2 nitrogen and oxygen atoms in total. The standard InChI is InChI=1S/C12H10O2.H2S/c13-11-5-1-9(2-6-11)10-3-7-12(14)8-4-10;/h1-8,13-14H;1H2. The molecule has 0 saturated heterocycles. The molecule has 0 aliphatic heterocycles. The smallest absolute Gasteiger partial charge is 0.115 e. The second-order valence-corrected chi connectivity index (χ2v) is 3.09. The van der Waals surface area contributed by atoms with Crippen molar-refractivity contribution in [1.29, 1.82) is 0 Å². The summed E-state index contributed by atoms with van der Waals surface area (Å²) in [6.07, 6.45) is 0. The molecule has 2 N–H and O–H groups in total. The van der Waals surface area contributed by atoms with Gasteiger partial charge in [-0.05, 0) is 35.4 Å². The molecule has 0 spiro atoms. The van der Waals surface area contributed by atoms with E-state index in [0.29, 0.717) is 0 Å². The molecular weight excluding hydrogens is 208 g/mol. The van der Waals surface area contributed by atoms with Gasteiger partial charge in [0.15, 0.2) is 0 Å². The number of rotatable bonds is 1. The van der Waals surface area contributed by atoms with Crippen LogP contribution in [0.4, 0.5) is 0 Å². The highest BCUT2D eigenvalue weighted by atomic mass is 32.1. The first kappa shape index (κ1) is 11.5. The molecule has 0 saturated carbocycles. The van der Waals surface area contributed by atoms with Crippen molar-refractivity contribution in [3.8, 4) is 22.6 Å². The summed E-state index contributed by atoms with van der Waals surface area (Å²) in [4.78, 5) is 0. The van der Waals surface area contributed by atoms with Crippen LogP contribution in [0, 0.1) is 0 Å². The van der Waals surface area contributed by atoms with Crippen LogP contribution in [0.3, 0.4) is 0 Å². The molecule has 2 aromatic rings. The van der Waals surface area contributed by atoms with Gasteiger partial charge in [0.25, 0.3) is 0 Å². The number of hydrogen-bond acceptors (Lipinski definition) is 2. The summed E-state index contributed by atoms with van der Waals surface area (Å²) in [6, 6.07) is 13.9. The fourth-order valence-electron chi connectivity index (χ4n) is 1.31. The average molecular weight is 220 g/mol. The average Bonchev–Trinajstić information content (AvgIpc) is 2.21. The Hall–Kier alpha value is -1.61. The van der Waals surface area contributed by atoms with E-state index in [4.69, 9.17) is 10.2 Å². The molecule has 0 heterocycles. The Bertz CT molecular complexity index is 377. The summed E-state index contributed by atoms with van der Waals surface area (Å²) < 4.78 is 0. The van der Waals surface area contributed by atoms with Crippen molar-refractivity contribution in [2.45, 2.75) is 0 Å². The van der Waals surface area contributed by atoms with E-state index in [2.05, 4.69) is 0 Å². The van der Waals surface area contributed by atoms with Crippen molar-refractivity contribution in [2.75, 3.05) is 0 Å². The molecule has 0 fully saturated rings. The number of aromatic hydroxyl groups is 2. The van der Waals surface area contributed by atoms with Gasteiger partial charge in [-0.3, -0.25) is 0 Å². The zero-order valence-electron chi connectivity index (χ0n) is 8.01. The van der Waals surface area contributed by atoms with E-state index in [0.717, 1.165) is 11.1 Å². The fourth-order valence-corrected chi connectivity index (χ4v) is 1.31. The quantitative estimate of drug-likeness (QED) is 0.775. The molecule has 3 heteroatoms. The van der Waals surface area contributed by atoms with E-state index >= 15 is 0 Å². The van der Waals surface area contributed by atoms with E-state index < -0.39 is 0 Å². The predicted molar refractivity (Wildman–Crippen MR) is 65.6 cm³/mol. The minimum Gasteiger partial charge on any atom is -0.508 e. The van der Waals surface area contributed by atoms with Crippen LogP contribution in [0.25, 0.3) is 11.1 Å². The van der Waals surface area contributed by atoms with Crippen LogP contribution in [-0.2, 0) is 0 Å². The zero-order valence-corrected chi connectivity index (χ0v) is 9.01. The summed E-state index contributed by atoms with van der Waals surface area (Å²) in [5.74, 6) is 0.514. The van der Waals surface area contributed by atoms with E-state index in [1.165, 1.54) is 0 Å². The Morgan fingerprint density at radius 3 is 1.07 bits per heavy atom. The van der Waals surface area contributed by atoms with Crippen LogP contribution in [0.15, 0.2) is 48.5 Å². The number of phenolic OH excluding ortho intramolecular Hbond substituents is 2. The molecule has 0 aliphatic carbocycles. The number of phenols is 2. The monoisotopic (exact) mass is 220 g/mol. The van der Waals surface area contributed by atoms with Crippen LogP contribution >= 0.6 is 13.5 Å². The Labute approximate surface area is 95.3 Å². The van der Waals surface area contributed by atoms with Gasteiger partial charge in [-0.2, -0.15) is 13.5 Å². The first-order valence-electron chi connectivity index (χ1n) is 4.34. The predicted octanol–water partition coefficient (Wildman–Crippen LogP) is 2.88. The summed E-state index contributed by atoms with van der Waals surface area (Å²) >= 11 is 0. The van der Waals surface area contributed by atoms with Gasteiger partial charge in [-0.15, -0.1) is 0 Å². The molecule has 0 aromatic heterocycles. The Morgan fingerprint density at radius 1 is 0.533 bits per heavy atom. The van der Waals surface area contributed by atoms with Crippen LogP contribution in [0.2, 0.25) is 0 Å². The van der Waals surface area contributed by atoms with E-state index in [9.17, 15) is 0 Å². The molecule has 0 bridgehead atoms. The lowest BCUT2D eigenvalue weighted by Crippen LogP contribution is -1.75. The van der Waals surface area contributed by atoms with Crippen LogP contribution in [0.1, 0.15) is 0 Å². The van der Waals surface area contributed by atoms with Gasteiger partial charge >= 0.3 is 0 Å². The highest BCUT2D eigenvalue weighted by molar-refractivity contribution is 7.59. The SMILES string of the molecule is Oc1ccc(-c2ccc(O)cc2)cc1.S. The highest BCUT2D eigenvalue weighted by Gasteiger charge is 1.96. The maximum atomic E-state index is 9.11. The third-order valence-corrected chi connectivity index (χ3v) is 2.07. The lowest BCUT2D eigenvalue weighted by Gasteiger charge is -2.01. The van der Waals surface area contributed by atoms with Crippen LogP contribution < -0.4 is 0 Å². The lowest BCUT2D eigenvalue weighted by atomic mass is 10.1. The van der Waals surface area contributed by atoms with Crippen molar-refractivity contribution in [3.05, 3.63) is 48.5 Å². The Morgan fingerprint density at radius 2 is 0.800 bits per heavy atom. The molecule has 0 amide bonds. The minimum atomic E-state index is 0. The van der Waals surface area contributed by atoms with E-state index in [1.807, 2.05) is 24.3 Å². The van der Waals surface area contributed by atoms with Gasteiger partial charge < -0.3 is 10.2 Å². The Kier molecular flexibility index (Phi) is 3.63. The first-order chi connectivity index (χ1) is 6.75. The largest absolute Gasteiger partial charge is 0.508 e. The van der Waals surface area contributed by atoms with Crippen molar-refractivity contribution in [2.24, 2.45) is 0 Å². The molecule has 0 atom stereocenters. The summed E-state index contributed by atoms with van der Waals surface area (Å²) in [7, 11) is 0. The first-order valence-corrected chi connectivity index (χ1v) is 4.34. The molecule has 2 aromatic carbocycles. The maximum absolute atomic E-state index is 9.11. The second kappa shape index (κ2) is 4.75. The minimum absolute atomic E-state index is 0. The maximum Gasteiger partial charge on any atom is 0.115 e. The number of benzene rings is 2. The van der Waals surface area contributed by atoms with Crippen LogP contribution in [0.5, 0.6) is 11.5 Å². The molecule has 0 unspecified atom stereocenters. The van der Waals surface area contributed by atoms with Crippen molar-refractivity contribution in [1.82, 2.24) is 0 Å². The lowest BCUT2D eigenvalue weighted by molar-refractivity contribution is 0.474. The van der Waals surface area contributed by atoms with Crippen molar-refractivity contribution < 1.29 is 10.2 Å². The van der Waals surface area contributed by atoms with E-state index in [-0.39, 0.29) is 25.0 Å². The zero-order chi connectivity index (χ0) is 9.97. The highest BCUT2D eigenvalue weighted by Crippen LogP contribution is 2.23. The molecular formula is C12H12O2S. The van der Waals surface area contributed by atoms with Crippen molar-refractivity contribution in [3.63, 3.8) is 0 Å². The third kappa shape index (κ3) is 2.67. The molecule has 2 rings (SSSR count). The summed E-state index contributed by atoms with van der Waals surface area (Å²) in [5, 5.41) is 18.2. The van der Waals surface area contributed by atoms with Gasteiger partial charge in [-0.25, -0.2) is 0 Å². The van der Waals surface area contributed by atoms with Gasteiger partial charge in [0.2, 0.25) is 0 Å². The molecule has 78 valence electrons. The molecule has 0 radical (unpaired) electrons. The second-order valence-electron chi connectivity index (χ2n) is 3.09. The van der Waals surface area contributed by atoms with Gasteiger partial charge in [0.1, 0.15) is 11.5 Å². The van der Waals surface area contributed by atoms with Gasteiger partial charge in [0.05, 0.1) is 0 Å². The molecule has 0 aliphatic rings. The van der Waals surface area contributed by atoms with Gasteiger partial charge in [-0.1, -0.05) is 24.3 Å². The summed E-state index contributed by atoms with van der Waals surface area (Å²) in [6.45, 7) is 0. The Balaban J connectivity index is 0.00000112. The van der Waals surface area contributed by atoms with Crippen LogP contribution in [-0.4, -0.2) is 10.2 Å². The number of hydrogen-bond donors (Lipinski definition) is 2. The van der Waals surface area contributed by atoms with E-state index in [1.54, 1.807) is 24.3 Å². The third-order valence-electron chi connectivity index (χ3n) is 2.07. The topological polar surface area (TPSA) is 40.5 Å². The normalized spacial score (nSPS) is 9.33. The van der Waals surface area contributed by atoms with Gasteiger partial charge in [0, 0.05) is 0 Å².